The van der Waals surface area contributed by atoms with Crippen LogP contribution in [0.2, 0.25) is 0 Å². The SMILES string of the molecule is CCCCCCNC1(CC)CCC1. The monoisotopic (exact) mass is 183 g/mol. The molecule has 1 aliphatic rings. The van der Waals surface area contributed by atoms with Gasteiger partial charge in [0, 0.05) is 5.54 Å². The second kappa shape index (κ2) is 5.64. The van der Waals surface area contributed by atoms with E-state index in [1.165, 1.54) is 57.9 Å². The van der Waals surface area contributed by atoms with E-state index >= 15 is 0 Å². The Morgan fingerprint density at radius 2 is 1.85 bits per heavy atom. The van der Waals surface area contributed by atoms with E-state index in [0.717, 1.165) is 0 Å². The molecule has 1 rings (SSSR count). The van der Waals surface area contributed by atoms with Gasteiger partial charge >= 0.3 is 0 Å². The molecule has 1 nitrogen and oxygen atoms in total. The highest BCUT2D eigenvalue weighted by Crippen LogP contribution is 2.34. The maximum absolute atomic E-state index is 3.74. The second-order valence-corrected chi connectivity index (χ2v) is 4.47. The van der Waals surface area contributed by atoms with Gasteiger partial charge in [-0.1, -0.05) is 33.1 Å². The maximum atomic E-state index is 3.74. The minimum absolute atomic E-state index is 0.562. The van der Waals surface area contributed by atoms with Crippen molar-refractivity contribution in [3.63, 3.8) is 0 Å². The maximum Gasteiger partial charge on any atom is 0.0178 e. The zero-order valence-electron chi connectivity index (χ0n) is 9.36. The average Bonchev–Trinajstić information content (AvgIpc) is 2.09. The summed E-state index contributed by atoms with van der Waals surface area (Å²) in [7, 11) is 0. The van der Waals surface area contributed by atoms with Gasteiger partial charge < -0.3 is 5.32 Å². The molecule has 13 heavy (non-hydrogen) atoms. The summed E-state index contributed by atoms with van der Waals surface area (Å²) in [6, 6.07) is 0. The lowest BCUT2D eigenvalue weighted by Crippen LogP contribution is -2.50. The molecule has 1 fully saturated rings. The highest BCUT2D eigenvalue weighted by molar-refractivity contribution is 4.94. The summed E-state index contributed by atoms with van der Waals surface area (Å²) in [6.45, 7) is 5.83. The van der Waals surface area contributed by atoms with Crippen molar-refractivity contribution in [1.82, 2.24) is 5.32 Å². The van der Waals surface area contributed by atoms with Gasteiger partial charge in [-0.05, 0) is 38.6 Å². The van der Waals surface area contributed by atoms with Crippen LogP contribution >= 0.6 is 0 Å². The lowest BCUT2D eigenvalue weighted by atomic mass is 9.75. The number of hydrogen-bond acceptors (Lipinski definition) is 1. The van der Waals surface area contributed by atoms with E-state index in [4.69, 9.17) is 0 Å². The lowest BCUT2D eigenvalue weighted by molar-refractivity contribution is 0.177. The number of rotatable bonds is 7. The molecule has 0 bridgehead atoms. The Balaban J connectivity index is 1.98. The lowest BCUT2D eigenvalue weighted by Gasteiger charge is -2.42. The first kappa shape index (κ1) is 11.0. The van der Waals surface area contributed by atoms with E-state index < -0.39 is 0 Å². The molecule has 0 amide bonds. The molecule has 0 spiro atoms. The van der Waals surface area contributed by atoms with Crippen molar-refractivity contribution in [3.8, 4) is 0 Å². The molecular weight excluding hydrogens is 158 g/mol. The summed E-state index contributed by atoms with van der Waals surface area (Å²) < 4.78 is 0. The molecule has 1 aliphatic carbocycles. The van der Waals surface area contributed by atoms with Crippen LogP contribution in [0.25, 0.3) is 0 Å². The predicted molar refractivity (Wildman–Crippen MR) is 59.0 cm³/mol. The van der Waals surface area contributed by atoms with Gasteiger partial charge in [0.1, 0.15) is 0 Å². The van der Waals surface area contributed by atoms with Crippen LogP contribution in [0.1, 0.15) is 65.2 Å². The molecular formula is C12H25N. The van der Waals surface area contributed by atoms with E-state index in [9.17, 15) is 0 Å². The van der Waals surface area contributed by atoms with Gasteiger partial charge in [-0.3, -0.25) is 0 Å². The van der Waals surface area contributed by atoms with Crippen LogP contribution in [0.5, 0.6) is 0 Å². The molecule has 78 valence electrons. The molecule has 1 N–H and O–H groups in total. The van der Waals surface area contributed by atoms with Gasteiger partial charge in [0.2, 0.25) is 0 Å². The van der Waals surface area contributed by atoms with Crippen LogP contribution in [0.15, 0.2) is 0 Å². The highest BCUT2D eigenvalue weighted by Gasteiger charge is 2.33. The van der Waals surface area contributed by atoms with E-state index in [0.29, 0.717) is 5.54 Å². The molecule has 0 aromatic heterocycles. The molecule has 1 saturated carbocycles. The van der Waals surface area contributed by atoms with Gasteiger partial charge in [0.15, 0.2) is 0 Å². The van der Waals surface area contributed by atoms with Crippen molar-refractivity contribution < 1.29 is 0 Å². The van der Waals surface area contributed by atoms with Crippen LogP contribution in [-0.2, 0) is 0 Å². The Kier molecular flexibility index (Phi) is 4.79. The Labute approximate surface area is 83.3 Å². The molecule has 0 aromatic rings. The van der Waals surface area contributed by atoms with Gasteiger partial charge in [-0.15, -0.1) is 0 Å². The molecule has 0 radical (unpaired) electrons. The zero-order chi connectivity index (χ0) is 9.57. The van der Waals surface area contributed by atoms with E-state index in [1.807, 2.05) is 0 Å². The molecule has 0 aliphatic heterocycles. The van der Waals surface area contributed by atoms with Crippen LogP contribution in [-0.4, -0.2) is 12.1 Å². The first-order valence-electron chi connectivity index (χ1n) is 6.08. The van der Waals surface area contributed by atoms with Crippen LogP contribution in [0.4, 0.5) is 0 Å². The summed E-state index contributed by atoms with van der Waals surface area (Å²) in [6.07, 6.45) is 11.1. The third kappa shape index (κ3) is 3.30. The fourth-order valence-corrected chi connectivity index (χ4v) is 2.16. The smallest absolute Gasteiger partial charge is 0.0178 e. The average molecular weight is 183 g/mol. The van der Waals surface area contributed by atoms with E-state index in [1.54, 1.807) is 0 Å². The predicted octanol–water partition coefficient (Wildman–Crippen LogP) is 3.49. The van der Waals surface area contributed by atoms with Gasteiger partial charge in [-0.2, -0.15) is 0 Å². The fraction of sp³-hybridized carbons (Fsp3) is 1.00. The highest BCUT2D eigenvalue weighted by atomic mass is 15.0. The third-order valence-corrected chi connectivity index (χ3v) is 3.52. The minimum Gasteiger partial charge on any atom is -0.311 e. The molecule has 0 atom stereocenters. The number of unbranched alkanes of at least 4 members (excludes halogenated alkanes) is 3. The summed E-state index contributed by atoms with van der Waals surface area (Å²) in [5.74, 6) is 0. The molecule has 1 heteroatoms. The topological polar surface area (TPSA) is 12.0 Å². The Morgan fingerprint density at radius 1 is 1.08 bits per heavy atom. The van der Waals surface area contributed by atoms with Crippen LogP contribution in [0.3, 0.4) is 0 Å². The molecule has 0 heterocycles. The molecule has 0 aromatic carbocycles. The Morgan fingerprint density at radius 3 is 2.31 bits per heavy atom. The largest absolute Gasteiger partial charge is 0.311 e. The first-order chi connectivity index (χ1) is 6.33. The van der Waals surface area contributed by atoms with E-state index in [-0.39, 0.29) is 0 Å². The van der Waals surface area contributed by atoms with E-state index in [2.05, 4.69) is 19.2 Å². The first-order valence-corrected chi connectivity index (χ1v) is 6.08. The van der Waals surface area contributed by atoms with Crippen molar-refractivity contribution >= 4 is 0 Å². The van der Waals surface area contributed by atoms with Crippen LogP contribution < -0.4 is 5.32 Å². The van der Waals surface area contributed by atoms with Crippen molar-refractivity contribution in [2.24, 2.45) is 0 Å². The summed E-state index contributed by atoms with van der Waals surface area (Å²) in [5, 5.41) is 3.74. The van der Waals surface area contributed by atoms with Gasteiger partial charge in [-0.25, -0.2) is 0 Å². The Bertz CT molecular complexity index is 122. The fourth-order valence-electron chi connectivity index (χ4n) is 2.16. The van der Waals surface area contributed by atoms with Crippen molar-refractivity contribution in [3.05, 3.63) is 0 Å². The zero-order valence-corrected chi connectivity index (χ0v) is 9.36. The van der Waals surface area contributed by atoms with Gasteiger partial charge in [0.05, 0.1) is 0 Å². The molecule has 0 unspecified atom stereocenters. The normalized spacial score (nSPS) is 19.8. The van der Waals surface area contributed by atoms with Gasteiger partial charge in [0.25, 0.3) is 0 Å². The minimum atomic E-state index is 0.562. The second-order valence-electron chi connectivity index (χ2n) is 4.47. The van der Waals surface area contributed by atoms with Crippen LogP contribution in [0, 0.1) is 0 Å². The van der Waals surface area contributed by atoms with Crippen molar-refractivity contribution in [2.45, 2.75) is 70.8 Å². The molecule has 0 saturated heterocycles. The summed E-state index contributed by atoms with van der Waals surface area (Å²) >= 11 is 0. The Hall–Kier alpha value is -0.0400. The number of nitrogens with one attached hydrogen (secondary N) is 1. The summed E-state index contributed by atoms with van der Waals surface area (Å²) in [4.78, 5) is 0. The summed E-state index contributed by atoms with van der Waals surface area (Å²) in [5.41, 5.74) is 0.562. The third-order valence-electron chi connectivity index (χ3n) is 3.52. The van der Waals surface area contributed by atoms with Crippen molar-refractivity contribution in [1.29, 1.82) is 0 Å². The van der Waals surface area contributed by atoms with Crippen molar-refractivity contribution in [2.75, 3.05) is 6.54 Å². The standard InChI is InChI=1S/C12H25N/c1-3-5-6-7-11-13-12(4-2)9-8-10-12/h13H,3-11H2,1-2H3. The quantitative estimate of drug-likeness (QED) is 0.596. The number of hydrogen-bond donors (Lipinski definition) is 1.